The molecule has 0 heterocycles. The van der Waals surface area contributed by atoms with Crippen molar-refractivity contribution in [3.8, 4) is 0 Å². The van der Waals surface area contributed by atoms with Crippen molar-refractivity contribution in [1.82, 2.24) is 0 Å². The van der Waals surface area contributed by atoms with Crippen LogP contribution in [-0.4, -0.2) is 40.6 Å². The van der Waals surface area contributed by atoms with Crippen molar-refractivity contribution in [2.24, 2.45) is 0 Å². The van der Waals surface area contributed by atoms with Crippen molar-refractivity contribution in [3.05, 3.63) is 0 Å². The molecule has 0 aromatic carbocycles. The molecule has 3 heteroatoms. The molecule has 29 heavy (non-hydrogen) atoms. The summed E-state index contributed by atoms with van der Waals surface area (Å²) < 4.78 is 0. The molecule has 1 N–H and O–H groups in total. The Morgan fingerprint density at radius 3 is 0.862 bits per heavy atom. The van der Waals surface area contributed by atoms with Crippen molar-refractivity contribution in [2.75, 3.05) is 0 Å². The first-order valence-electron chi connectivity index (χ1n) is 13.0. The third-order valence-electron chi connectivity index (χ3n) is 5.99. The minimum atomic E-state index is -0.650. The van der Waals surface area contributed by atoms with E-state index >= 15 is 0 Å². The third kappa shape index (κ3) is 30.7. The van der Waals surface area contributed by atoms with Crippen LogP contribution >= 0.6 is 0 Å². The van der Waals surface area contributed by atoms with Crippen LogP contribution in [-0.2, 0) is 4.79 Å². The molecule has 0 fully saturated rings. The molecular weight excluding hydrogens is 367 g/mol. The summed E-state index contributed by atoms with van der Waals surface area (Å²) in [5.74, 6) is -0.650. The average molecular weight is 421 g/mol. The fraction of sp³-hybridized carbons (Fsp3) is 0.962. The fourth-order valence-corrected chi connectivity index (χ4v) is 4.06. The Morgan fingerprint density at radius 2 is 0.655 bits per heavy atom. The number of carboxylic acids is 1. The summed E-state index contributed by atoms with van der Waals surface area (Å²) in [6, 6.07) is 0. The van der Waals surface area contributed by atoms with E-state index in [2.05, 4.69) is 6.92 Å². The summed E-state index contributed by atoms with van der Waals surface area (Å²) in [6.45, 7) is 2.29. The van der Waals surface area contributed by atoms with Gasteiger partial charge in [0.25, 0.3) is 0 Å². The minimum absolute atomic E-state index is 0. The zero-order valence-electron chi connectivity index (χ0n) is 19.3. The Hall–Kier alpha value is 0.470. The number of hydrogen-bond acceptors (Lipinski definition) is 1. The van der Waals surface area contributed by atoms with Gasteiger partial charge in [-0.2, -0.15) is 0 Å². The van der Waals surface area contributed by atoms with Crippen molar-refractivity contribution in [3.63, 3.8) is 0 Å². The molecular formula is C26H53NaO2. The van der Waals surface area contributed by atoms with Gasteiger partial charge < -0.3 is 5.11 Å². The summed E-state index contributed by atoms with van der Waals surface area (Å²) in [5, 5.41) is 8.59. The molecule has 0 saturated heterocycles. The molecule has 0 aliphatic heterocycles. The second-order valence-electron chi connectivity index (χ2n) is 8.92. The van der Waals surface area contributed by atoms with Crippen LogP contribution in [0.4, 0.5) is 0 Å². The first-order chi connectivity index (χ1) is 13.8. The Balaban J connectivity index is 0. The van der Waals surface area contributed by atoms with Crippen molar-refractivity contribution in [2.45, 2.75) is 161 Å². The van der Waals surface area contributed by atoms with E-state index in [0.717, 1.165) is 12.8 Å². The van der Waals surface area contributed by atoms with Gasteiger partial charge >= 0.3 is 35.5 Å². The van der Waals surface area contributed by atoms with Gasteiger partial charge in [-0.3, -0.25) is 4.79 Å². The summed E-state index contributed by atoms with van der Waals surface area (Å²) in [7, 11) is 0. The van der Waals surface area contributed by atoms with Gasteiger partial charge in [-0.05, 0) is 6.42 Å². The fourth-order valence-electron chi connectivity index (χ4n) is 4.06. The molecule has 0 aromatic rings. The maximum absolute atomic E-state index is 10.4. The molecule has 0 atom stereocenters. The number of carboxylic acid groups (broad SMARTS) is 1. The molecule has 0 aliphatic carbocycles. The molecule has 0 spiro atoms. The van der Waals surface area contributed by atoms with Crippen LogP contribution in [0.15, 0.2) is 0 Å². The zero-order chi connectivity index (χ0) is 20.5. The molecule has 0 rings (SSSR count). The van der Waals surface area contributed by atoms with Crippen LogP contribution in [0, 0.1) is 0 Å². The van der Waals surface area contributed by atoms with Crippen molar-refractivity contribution >= 4 is 35.5 Å². The monoisotopic (exact) mass is 420 g/mol. The standard InChI is InChI=1S/C26H52O2.Na.H/c1-2-3-4-5-6-7-8-9-10-11-12-13-14-15-16-17-18-19-20-21-22-23-24-25-26(27)28;;/h2-25H2,1H3,(H,27,28);;. The molecule has 0 radical (unpaired) electrons. The van der Waals surface area contributed by atoms with Crippen LogP contribution < -0.4 is 0 Å². The quantitative estimate of drug-likeness (QED) is 0.125. The van der Waals surface area contributed by atoms with Crippen LogP contribution in [0.2, 0.25) is 0 Å². The van der Waals surface area contributed by atoms with Gasteiger partial charge in [0.15, 0.2) is 0 Å². The molecule has 0 aromatic heterocycles. The maximum atomic E-state index is 10.4. The van der Waals surface area contributed by atoms with Gasteiger partial charge in [-0.15, -0.1) is 0 Å². The first-order valence-corrected chi connectivity index (χ1v) is 13.0. The normalized spacial score (nSPS) is 10.8. The van der Waals surface area contributed by atoms with Gasteiger partial charge in [-0.25, -0.2) is 0 Å². The number of hydrogen-bond donors (Lipinski definition) is 1. The van der Waals surface area contributed by atoms with E-state index in [4.69, 9.17) is 5.11 Å². The van der Waals surface area contributed by atoms with Gasteiger partial charge in [0.05, 0.1) is 0 Å². The van der Waals surface area contributed by atoms with Crippen LogP contribution in [0.3, 0.4) is 0 Å². The van der Waals surface area contributed by atoms with Gasteiger partial charge in [0.1, 0.15) is 0 Å². The number of unbranched alkanes of at least 4 members (excludes halogenated alkanes) is 22. The predicted octanol–water partition coefficient (Wildman–Crippen LogP) is 8.80. The Bertz CT molecular complexity index is 307. The Labute approximate surface area is 205 Å². The predicted molar refractivity (Wildman–Crippen MR) is 131 cm³/mol. The van der Waals surface area contributed by atoms with Gasteiger partial charge in [0.2, 0.25) is 0 Å². The van der Waals surface area contributed by atoms with Crippen LogP contribution in [0.25, 0.3) is 0 Å². The second-order valence-corrected chi connectivity index (χ2v) is 8.92. The van der Waals surface area contributed by atoms with Crippen molar-refractivity contribution in [1.29, 1.82) is 0 Å². The van der Waals surface area contributed by atoms with E-state index in [-0.39, 0.29) is 29.6 Å². The Morgan fingerprint density at radius 1 is 0.448 bits per heavy atom. The van der Waals surface area contributed by atoms with Gasteiger partial charge in [0, 0.05) is 6.42 Å². The molecule has 2 nitrogen and oxygen atoms in total. The summed E-state index contributed by atoms with van der Waals surface area (Å²) in [5.41, 5.74) is 0. The molecule has 0 saturated carbocycles. The van der Waals surface area contributed by atoms with E-state index in [1.54, 1.807) is 0 Å². The number of aliphatic carboxylic acids is 1. The van der Waals surface area contributed by atoms with E-state index in [9.17, 15) is 4.79 Å². The average Bonchev–Trinajstić information content (AvgIpc) is 2.68. The number of carbonyl (C=O) groups is 1. The van der Waals surface area contributed by atoms with Gasteiger partial charge in [-0.1, -0.05) is 148 Å². The molecule has 0 bridgehead atoms. The molecule has 0 unspecified atom stereocenters. The van der Waals surface area contributed by atoms with E-state index in [1.165, 1.54) is 135 Å². The number of rotatable bonds is 24. The van der Waals surface area contributed by atoms with E-state index in [1.807, 2.05) is 0 Å². The molecule has 0 aliphatic rings. The van der Waals surface area contributed by atoms with E-state index in [0.29, 0.717) is 6.42 Å². The second kappa shape index (κ2) is 28.5. The molecule has 0 amide bonds. The molecule has 170 valence electrons. The third-order valence-corrected chi connectivity index (χ3v) is 5.99. The van der Waals surface area contributed by atoms with E-state index < -0.39 is 5.97 Å². The SMILES string of the molecule is CCCCCCCCCCCCCCCCCCCCCCCCCC(=O)O.[NaH]. The topological polar surface area (TPSA) is 37.3 Å². The zero-order valence-corrected chi connectivity index (χ0v) is 19.3. The first kappa shape index (κ1) is 31.7. The Kier molecular flexibility index (Phi) is 31.1. The van der Waals surface area contributed by atoms with Crippen LogP contribution in [0.5, 0.6) is 0 Å². The van der Waals surface area contributed by atoms with Crippen LogP contribution in [0.1, 0.15) is 161 Å². The summed E-state index contributed by atoms with van der Waals surface area (Å²) in [4.78, 5) is 10.4. The summed E-state index contributed by atoms with van der Waals surface area (Å²) in [6.07, 6.45) is 32.0. The summed E-state index contributed by atoms with van der Waals surface area (Å²) >= 11 is 0. The van der Waals surface area contributed by atoms with Crippen molar-refractivity contribution < 1.29 is 9.90 Å².